The quantitative estimate of drug-likeness (QED) is 0.243. The summed E-state index contributed by atoms with van der Waals surface area (Å²) in [5.41, 5.74) is 15.2. The zero-order chi connectivity index (χ0) is 22.7. The molecular formula is C31H18N4. The van der Waals surface area contributed by atoms with Gasteiger partial charge in [0.15, 0.2) is 0 Å². The van der Waals surface area contributed by atoms with E-state index in [-0.39, 0.29) is 0 Å². The fourth-order valence-electron chi connectivity index (χ4n) is 6.43. The Balaban J connectivity index is 1.37. The average Bonchev–Trinajstić information content (AvgIpc) is 3.57. The number of pyridine rings is 3. The molecule has 0 radical (unpaired) electrons. The lowest BCUT2D eigenvalue weighted by Gasteiger charge is -2.11. The molecule has 0 fully saturated rings. The van der Waals surface area contributed by atoms with Crippen molar-refractivity contribution < 1.29 is 0 Å². The number of rotatable bonds is 0. The summed E-state index contributed by atoms with van der Waals surface area (Å²) in [7, 11) is 0. The van der Waals surface area contributed by atoms with E-state index in [2.05, 4.69) is 69.0 Å². The third-order valence-electron chi connectivity index (χ3n) is 7.96. The van der Waals surface area contributed by atoms with Crippen molar-refractivity contribution in [1.29, 1.82) is 0 Å². The van der Waals surface area contributed by atoms with Gasteiger partial charge in [0.25, 0.3) is 0 Å². The molecule has 4 aromatic heterocycles. The number of aromatic nitrogens is 4. The van der Waals surface area contributed by atoms with Crippen LogP contribution in [0, 0.1) is 0 Å². The van der Waals surface area contributed by atoms with Gasteiger partial charge < -0.3 is 0 Å². The molecule has 0 saturated carbocycles. The van der Waals surface area contributed by atoms with Crippen molar-refractivity contribution in [3.05, 3.63) is 108 Å². The molecule has 162 valence electrons. The topological polar surface area (TPSA) is 43.1 Å². The van der Waals surface area contributed by atoms with E-state index in [9.17, 15) is 0 Å². The van der Waals surface area contributed by atoms with Crippen molar-refractivity contribution in [3.63, 3.8) is 0 Å². The van der Waals surface area contributed by atoms with Crippen LogP contribution in [-0.4, -0.2) is 19.4 Å². The first kappa shape index (κ1) is 17.8. The van der Waals surface area contributed by atoms with Gasteiger partial charge in [0.1, 0.15) is 11.2 Å². The Morgan fingerprint density at radius 3 is 2.26 bits per heavy atom. The lowest BCUT2D eigenvalue weighted by molar-refractivity contribution is 1.24. The van der Waals surface area contributed by atoms with E-state index in [1.807, 2.05) is 30.9 Å². The summed E-state index contributed by atoms with van der Waals surface area (Å²) in [5, 5.41) is 3.62. The molecule has 9 rings (SSSR count). The lowest BCUT2D eigenvalue weighted by atomic mass is 9.96. The molecule has 4 nitrogen and oxygen atoms in total. The molecule has 0 atom stereocenters. The summed E-state index contributed by atoms with van der Waals surface area (Å²) < 4.78 is 2.24. The molecule has 0 saturated heterocycles. The van der Waals surface area contributed by atoms with Crippen LogP contribution in [0.25, 0.3) is 60.6 Å². The molecule has 4 heterocycles. The molecular weight excluding hydrogens is 428 g/mol. The van der Waals surface area contributed by atoms with E-state index in [1.54, 1.807) is 0 Å². The van der Waals surface area contributed by atoms with Crippen LogP contribution < -0.4 is 0 Å². The Morgan fingerprint density at radius 1 is 0.571 bits per heavy atom. The molecule has 7 aromatic rings. The normalized spacial score (nSPS) is 13.5. The molecule has 0 aliphatic heterocycles. The van der Waals surface area contributed by atoms with Crippen molar-refractivity contribution in [2.45, 2.75) is 12.8 Å². The van der Waals surface area contributed by atoms with Crippen LogP contribution in [0.3, 0.4) is 0 Å². The minimum absolute atomic E-state index is 0.904. The van der Waals surface area contributed by atoms with Crippen LogP contribution in [0.5, 0.6) is 0 Å². The zero-order valence-corrected chi connectivity index (χ0v) is 18.8. The maximum Gasteiger partial charge on any atom is 0.146 e. The van der Waals surface area contributed by atoms with Gasteiger partial charge in [-0.1, -0.05) is 24.3 Å². The van der Waals surface area contributed by atoms with Gasteiger partial charge in [-0.25, -0.2) is 4.98 Å². The third kappa shape index (κ3) is 2.20. The maximum absolute atomic E-state index is 5.03. The van der Waals surface area contributed by atoms with E-state index in [1.165, 1.54) is 60.7 Å². The molecule has 0 N–H and O–H groups in total. The summed E-state index contributed by atoms with van der Waals surface area (Å²) >= 11 is 0. The van der Waals surface area contributed by atoms with E-state index in [0.717, 1.165) is 35.0 Å². The number of nitrogens with zero attached hydrogens (tertiary/aromatic N) is 4. The van der Waals surface area contributed by atoms with Gasteiger partial charge in [-0.3, -0.25) is 14.4 Å². The van der Waals surface area contributed by atoms with Gasteiger partial charge in [0.05, 0.1) is 23.4 Å². The second kappa shape index (κ2) is 6.10. The molecule has 2 aliphatic carbocycles. The fourth-order valence-corrected chi connectivity index (χ4v) is 6.43. The molecule has 2 aliphatic rings. The Bertz CT molecular complexity index is 2070. The van der Waals surface area contributed by atoms with Crippen molar-refractivity contribution >= 4 is 38.4 Å². The molecule has 0 spiro atoms. The smallest absolute Gasteiger partial charge is 0.146 e. The predicted molar refractivity (Wildman–Crippen MR) is 140 cm³/mol. The Labute approximate surface area is 200 Å². The molecule has 4 heteroatoms. The van der Waals surface area contributed by atoms with E-state index >= 15 is 0 Å². The van der Waals surface area contributed by atoms with Crippen molar-refractivity contribution in [2.75, 3.05) is 0 Å². The standard InChI is InChI=1S/C31H18N4/c1-2-4-21-17(3-1)9-18-12-24-19(11-23(18)21)10-20-13-26-22-5-7-33-16-30(22)35-29-6-8-32-15-28(29)34-31(35)27(26)14-25(20)24/h1-8,11-16H,9-10H2. The number of hydrogen-bond acceptors (Lipinski definition) is 3. The van der Waals surface area contributed by atoms with Crippen LogP contribution in [0.2, 0.25) is 0 Å². The average molecular weight is 447 g/mol. The van der Waals surface area contributed by atoms with Crippen LogP contribution in [0.15, 0.2) is 85.5 Å². The Hall–Kier alpha value is -4.57. The number of hydrogen-bond donors (Lipinski definition) is 0. The van der Waals surface area contributed by atoms with E-state index in [4.69, 9.17) is 4.98 Å². The highest BCUT2D eigenvalue weighted by molar-refractivity contribution is 6.15. The highest BCUT2D eigenvalue weighted by Gasteiger charge is 2.26. The molecule has 0 unspecified atom stereocenters. The number of fused-ring (bicyclic) bond motifs is 14. The number of benzene rings is 3. The van der Waals surface area contributed by atoms with Crippen LogP contribution in [0.4, 0.5) is 0 Å². The zero-order valence-electron chi connectivity index (χ0n) is 18.8. The molecule has 35 heavy (non-hydrogen) atoms. The van der Waals surface area contributed by atoms with Crippen LogP contribution in [0.1, 0.15) is 22.3 Å². The van der Waals surface area contributed by atoms with Crippen LogP contribution >= 0.6 is 0 Å². The monoisotopic (exact) mass is 446 g/mol. The lowest BCUT2D eigenvalue weighted by Crippen LogP contribution is -1.93. The van der Waals surface area contributed by atoms with Crippen molar-refractivity contribution in [2.24, 2.45) is 0 Å². The summed E-state index contributed by atoms with van der Waals surface area (Å²) in [6.45, 7) is 0. The molecule has 0 amide bonds. The Morgan fingerprint density at radius 2 is 1.31 bits per heavy atom. The highest BCUT2D eigenvalue weighted by atomic mass is 15.0. The SMILES string of the molecule is c1ccc2c(c1)Cc1cc3c(cc1-2)Cc1cc2c4ccncc4n4c5ccncc5nc4c2cc1-3. The third-order valence-corrected chi connectivity index (χ3v) is 7.96. The highest BCUT2D eigenvalue weighted by Crippen LogP contribution is 2.46. The second-order valence-corrected chi connectivity index (χ2v) is 9.76. The summed E-state index contributed by atoms with van der Waals surface area (Å²) in [6, 6.07) is 22.6. The van der Waals surface area contributed by atoms with Gasteiger partial charge in [-0.05, 0) is 99.1 Å². The fraction of sp³-hybridized carbons (Fsp3) is 0.0645. The number of imidazole rings is 1. The predicted octanol–water partition coefficient (Wildman–Crippen LogP) is 6.73. The first-order valence-corrected chi connectivity index (χ1v) is 12.0. The molecule has 3 aromatic carbocycles. The van der Waals surface area contributed by atoms with Gasteiger partial charge in [0.2, 0.25) is 0 Å². The largest absolute Gasteiger partial charge is 0.290 e. The first-order chi connectivity index (χ1) is 17.3. The minimum Gasteiger partial charge on any atom is -0.290 e. The summed E-state index contributed by atoms with van der Waals surface area (Å²) in [6.07, 6.45) is 9.50. The van der Waals surface area contributed by atoms with Crippen LogP contribution in [-0.2, 0) is 12.8 Å². The van der Waals surface area contributed by atoms with E-state index in [0.29, 0.717) is 0 Å². The van der Waals surface area contributed by atoms with Gasteiger partial charge >= 0.3 is 0 Å². The molecule has 0 bridgehead atoms. The van der Waals surface area contributed by atoms with Gasteiger partial charge in [-0.2, -0.15) is 0 Å². The van der Waals surface area contributed by atoms with E-state index < -0.39 is 0 Å². The first-order valence-electron chi connectivity index (χ1n) is 12.0. The maximum atomic E-state index is 5.03. The van der Waals surface area contributed by atoms with Crippen molar-refractivity contribution in [3.8, 4) is 22.3 Å². The van der Waals surface area contributed by atoms with Gasteiger partial charge in [0, 0.05) is 23.2 Å². The summed E-state index contributed by atoms with van der Waals surface area (Å²) in [4.78, 5) is 13.8. The van der Waals surface area contributed by atoms with Gasteiger partial charge in [-0.15, -0.1) is 0 Å². The Kier molecular flexibility index (Phi) is 3.11. The summed E-state index contributed by atoms with van der Waals surface area (Å²) in [5.74, 6) is 0. The minimum atomic E-state index is 0.904. The second-order valence-electron chi connectivity index (χ2n) is 9.76. The van der Waals surface area contributed by atoms with Crippen molar-refractivity contribution in [1.82, 2.24) is 19.4 Å².